The van der Waals surface area contributed by atoms with Crippen molar-refractivity contribution in [1.82, 2.24) is 20.4 Å². The summed E-state index contributed by atoms with van der Waals surface area (Å²) in [7, 11) is 0. The van der Waals surface area contributed by atoms with Gasteiger partial charge < -0.3 is 54.8 Å². The average Bonchev–Trinajstić information content (AvgIpc) is 3.82. The molecule has 0 spiro atoms. The van der Waals surface area contributed by atoms with Gasteiger partial charge in [-0.25, -0.2) is 0 Å². The Hall–Kier alpha value is -5.68. The second kappa shape index (κ2) is 29.2. The summed E-state index contributed by atoms with van der Waals surface area (Å²) in [6.45, 7) is 8.76. The molecule has 2 aromatic rings. The number of ether oxygens (including phenoxy) is 6. The number of fused-ring (bicyclic) bond motifs is 2. The van der Waals surface area contributed by atoms with Crippen molar-refractivity contribution in [2.24, 2.45) is 5.73 Å². The zero-order valence-corrected chi connectivity index (χ0v) is 38.1. The molecule has 0 aliphatic carbocycles. The second-order valence-corrected chi connectivity index (χ2v) is 15.7. The SMILES string of the molecule is CCCOCCOCCOCCC(=O)O.NCCOCCOCCOCCC(=O)Cc1cccc2c1CN(C1CCC(=O)NC1=O)C2=O.Nc1cccc2c1CN(C1CCC(=O)NC1=O)C2=O. The van der Waals surface area contributed by atoms with E-state index in [0.717, 1.165) is 29.7 Å². The number of nitrogens with two attached hydrogens (primary N) is 2. The molecule has 368 valence electrons. The number of carbonyl (C=O) groups is 8. The lowest BCUT2D eigenvalue weighted by Gasteiger charge is -2.29. The van der Waals surface area contributed by atoms with Gasteiger partial charge in [0.2, 0.25) is 23.6 Å². The molecular weight excluding hydrogens is 877 g/mol. The van der Waals surface area contributed by atoms with Gasteiger partial charge in [0.15, 0.2) is 0 Å². The quantitative estimate of drug-likeness (QED) is 0.0498. The number of hydrogen-bond acceptors (Lipinski definition) is 16. The zero-order valence-electron chi connectivity index (χ0n) is 38.1. The van der Waals surface area contributed by atoms with Crippen LogP contribution >= 0.6 is 0 Å². The first kappa shape index (κ1) is 53.9. The summed E-state index contributed by atoms with van der Waals surface area (Å²) in [5, 5.41) is 12.9. The topological polar surface area (TPSA) is 295 Å². The van der Waals surface area contributed by atoms with Gasteiger partial charge in [0, 0.05) is 74.3 Å². The number of nitrogens with one attached hydrogen (secondary N) is 2. The van der Waals surface area contributed by atoms with E-state index in [0.29, 0.717) is 109 Å². The van der Waals surface area contributed by atoms with Crippen LogP contribution in [0, 0.1) is 0 Å². The molecule has 21 heteroatoms. The molecule has 4 aliphatic heterocycles. The number of piperidine rings is 2. The Kier molecular flexibility index (Phi) is 23.5. The number of carboxylic acid groups (broad SMARTS) is 1. The molecule has 0 bridgehead atoms. The van der Waals surface area contributed by atoms with Crippen LogP contribution in [0.4, 0.5) is 5.69 Å². The standard InChI is InChI=1S/C23H31N3O7.C13H13N3O3.C10H20O5/c24-7-9-32-11-13-33-12-10-31-8-6-17(27)14-16-2-1-3-18-19(16)15-26(23(18)30)20-4-5-21(28)25-22(20)29;14-9-3-1-2-7-8(9)6-16(13(7)19)10-4-5-11(17)15-12(10)18;1-2-4-13-6-8-15-9-7-14-5-3-10(11)12/h1-3,20H,4-15,24H2,(H,25,28,29);1-3,10H,4-6,14H2,(H,15,17,18);2-9H2,1H3,(H,11,12). The van der Waals surface area contributed by atoms with Crippen LogP contribution < -0.4 is 22.1 Å². The molecule has 0 aromatic heterocycles. The largest absolute Gasteiger partial charge is 0.481 e. The van der Waals surface area contributed by atoms with Crippen molar-refractivity contribution in [3.05, 3.63) is 64.2 Å². The number of imide groups is 2. The van der Waals surface area contributed by atoms with Crippen LogP contribution in [-0.4, -0.2) is 160 Å². The number of carbonyl (C=O) groups excluding carboxylic acids is 7. The van der Waals surface area contributed by atoms with E-state index in [-0.39, 0.29) is 74.7 Å². The number of hydrogen-bond donors (Lipinski definition) is 5. The molecule has 6 amide bonds. The molecule has 2 saturated heterocycles. The fourth-order valence-electron chi connectivity index (χ4n) is 7.38. The molecule has 2 aromatic carbocycles. The highest BCUT2D eigenvalue weighted by Crippen LogP contribution is 2.32. The summed E-state index contributed by atoms with van der Waals surface area (Å²) < 4.78 is 31.4. The highest BCUT2D eigenvalue weighted by atomic mass is 16.5. The van der Waals surface area contributed by atoms with Crippen LogP contribution in [0.1, 0.15) is 89.3 Å². The number of amides is 6. The van der Waals surface area contributed by atoms with Crippen molar-refractivity contribution < 1.29 is 71.9 Å². The van der Waals surface area contributed by atoms with Crippen LogP contribution in [-0.2, 0) is 76.7 Å². The first-order valence-corrected chi connectivity index (χ1v) is 22.5. The monoisotopic (exact) mass is 940 g/mol. The third-order valence-corrected chi connectivity index (χ3v) is 10.8. The summed E-state index contributed by atoms with van der Waals surface area (Å²) in [6, 6.07) is 9.20. The number of benzene rings is 2. The molecule has 67 heavy (non-hydrogen) atoms. The molecule has 0 radical (unpaired) electrons. The zero-order chi connectivity index (χ0) is 48.6. The summed E-state index contributed by atoms with van der Waals surface area (Å²) in [4.78, 5) is 97.3. The summed E-state index contributed by atoms with van der Waals surface area (Å²) in [6.07, 6.45) is 2.63. The predicted molar refractivity (Wildman–Crippen MR) is 239 cm³/mol. The fraction of sp³-hybridized carbons (Fsp3) is 0.565. The number of rotatable bonds is 26. The number of carboxylic acids is 1. The van der Waals surface area contributed by atoms with E-state index in [9.17, 15) is 38.4 Å². The molecule has 4 aliphatic rings. The first-order chi connectivity index (χ1) is 32.4. The van der Waals surface area contributed by atoms with Gasteiger partial charge in [-0.3, -0.25) is 49.0 Å². The highest BCUT2D eigenvalue weighted by Gasteiger charge is 2.41. The predicted octanol–water partition coefficient (Wildman–Crippen LogP) is 0.909. The maximum Gasteiger partial charge on any atom is 0.305 e. The van der Waals surface area contributed by atoms with E-state index in [2.05, 4.69) is 17.6 Å². The van der Waals surface area contributed by atoms with Gasteiger partial charge in [-0.1, -0.05) is 25.1 Å². The van der Waals surface area contributed by atoms with Crippen LogP contribution in [0.2, 0.25) is 0 Å². The molecule has 7 N–H and O–H groups in total. The van der Waals surface area contributed by atoms with Crippen molar-refractivity contribution in [3.8, 4) is 0 Å². The Bertz CT molecular complexity index is 2020. The van der Waals surface area contributed by atoms with E-state index in [1.165, 1.54) is 9.80 Å². The van der Waals surface area contributed by atoms with Gasteiger partial charge in [0.25, 0.3) is 11.8 Å². The normalized spacial score (nSPS) is 17.5. The third kappa shape index (κ3) is 17.5. The minimum atomic E-state index is -0.844. The summed E-state index contributed by atoms with van der Waals surface area (Å²) in [5.74, 6) is -2.75. The maximum absolute atomic E-state index is 12.9. The molecular formula is C46H64N6O15. The number of anilines is 1. The average molecular weight is 941 g/mol. The molecule has 0 saturated carbocycles. The Morgan fingerprint density at radius 2 is 1.07 bits per heavy atom. The molecule has 2 atom stereocenters. The van der Waals surface area contributed by atoms with E-state index >= 15 is 0 Å². The molecule has 4 heterocycles. The van der Waals surface area contributed by atoms with Crippen molar-refractivity contribution >= 4 is 52.9 Å². The minimum Gasteiger partial charge on any atom is -0.481 e. The number of aliphatic carboxylic acids is 1. The fourth-order valence-corrected chi connectivity index (χ4v) is 7.38. The number of Topliss-reactive ketones (excluding diaryl/α,β-unsaturated/α-hetero) is 1. The maximum atomic E-state index is 12.9. The summed E-state index contributed by atoms with van der Waals surface area (Å²) in [5.41, 5.74) is 15.1. The van der Waals surface area contributed by atoms with Crippen molar-refractivity contribution in [2.45, 2.75) is 83.5 Å². The van der Waals surface area contributed by atoms with Crippen molar-refractivity contribution in [2.75, 3.05) is 91.6 Å². The smallest absolute Gasteiger partial charge is 0.305 e. The van der Waals surface area contributed by atoms with Crippen LogP contribution in [0.3, 0.4) is 0 Å². The van der Waals surface area contributed by atoms with Gasteiger partial charge in [-0.15, -0.1) is 0 Å². The van der Waals surface area contributed by atoms with Crippen molar-refractivity contribution in [1.29, 1.82) is 0 Å². The van der Waals surface area contributed by atoms with E-state index in [1.807, 2.05) is 6.07 Å². The number of nitrogens with zero attached hydrogens (tertiary/aromatic N) is 2. The Labute approximate surface area is 389 Å². The van der Waals surface area contributed by atoms with E-state index in [4.69, 9.17) is 45.0 Å². The molecule has 21 nitrogen and oxygen atoms in total. The second-order valence-electron chi connectivity index (χ2n) is 15.7. The van der Waals surface area contributed by atoms with Gasteiger partial charge in [-0.05, 0) is 48.6 Å². The van der Waals surface area contributed by atoms with Gasteiger partial charge >= 0.3 is 5.97 Å². The molecule has 2 unspecified atom stereocenters. The minimum absolute atomic E-state index is 0.00593. The number of nitrogen functional groups attached to an aromatic ring is 1. The van der Waals surface area contributed by atoms with Gasteiger partial charge in [0.05, 0.1) is 79.1 Å². The lowest BCUT2D eigenvalue weighted by molar-refractivity contribution is -0.139. The third-order valence-electron chi connectivity index (χ3n) is 10.8. The number of ketones is 1. The van der Waals surface area contributed by atoms with Crippen molar-refractivity contribution in [3.63, 3.8) is 0 Å². The molecule has 2 fully saturated rings. The Morgan fingerprint density at radius 3 is 1.55 bits per heavy atom. The molecule has 6 rings (SSSR count). The van der Waals surface area contributed by atoms with E-state index in [1.54, 1.807) is 30.3 Å². The van der Waals surface area contributed by atoms with Gasteiger partial charge in [0.1, 0.15) is 17.9 Å². The lowest BCUT2D eigenvalue weighted by Crippen LogP contribution is -2.52. The van der Waals surface area contributed by atoms with Crippen LogP contribution in [0.15, 0.2) is 36.4 Å². The first-order valence-electron chi connectivity index (χ1n) is 22.5. The summed E-state index contributed by atoms with van der Waals surface area (Å²) >= 11 is 0. The lowest BCUT2D eigenvalue weighted by atomic mass is 9.98. The van der Waals surface area contributed by atoms with Crippen LogP contribution in [0.25, 0.3) is 0 Å². The van der Waals surface area contributed by atoms with E-state index < -0.39 is 29.9 Å². The Morgan fingerprint density at radius 1 is 0.627 bits per heavy atom. The highest BCUT2D eigenvalue weighted by molar-refractivity contribution is 6.07. The van der Waals surface area contributed by atoms with Crippen LogP contribution in [0.5, 0.6) is 0 Å². The van der Waals surface area contributed by atoms with Gasteiger partial charge in [-0.2, -0.15) is 0 Å². The Balaban J connectivity index is 0.000000243.